The van der Waals surface area contributed by atoms with Crippen LogP contribution in [0.5, 0.6) is 0 Å². The Morgan fingerprint density at radius 3 is 2.27 bits per heavy atom. The molecule has 0 aliphatic heterocycles. The third-order valence-electron chi connectivity index (χ3n) is 2.63. The first kappa shape index (κ1) is 14.7. The lowest BCUT2D eigenvalue weighted by molar-refractivity contribution is -0.152. The lowest BCUT2D eigenvalue weighted by Gasteiger charge is -2.33. The molecule has 0 spiro atoms. The van der Waals surface area contributed by atoms with Crippen LogP contribution in [0.3, 0.4) is 0 Å². The minimum Gasteiger partial charge on any atom is -0.439 e. The van der Waals surface area contributed by atoms with Crippen molar-refractivity contribution in [2.75, 3.05) is 20.0 Å². The molecule has 0 aromatic carbocycles. The van der Waals surface area contributed by atoms with Crippen LogP contribution in [0.25, 0.3) is 0 Å². The van der Waals surface area contributed by atoms with Crippen molar-refractivity contribution in [1.29, 1.82) is 0 Å². The summed E-state index contributed by atoms with van der Waals surface area (Å²) in [5, 5.41) is 26.2. The van der Waals surface area contributed by atoms with Gasteiger partial charge in [-0.15, -0.1) is 0 Å². The van der Waals surface area contributed by atoms with E-state index < -0.39 is 23.4 Å². The van der Waals surface area contributed by atoms with Crippen molar-refractivity contribution in [2.24, 2.45) is 5.41 Å². The second kappa shape index (κ2) is 7.05. The van der Waals surface area contributed by atoms with E-state index in [9.17, 15) is 15.0 Å². The van der Waals surface area contributed by atoms with Crippen LogP contribution in [-0.4, -0.2) is 46.5 Å². The van der Waals surface area contributed by atoms with E-state index in [1.807, 2.05) is 0 Å². The van der Waals surface area contributed by atoms with Crippen LogP contribution in [-0.2, 0) is 9.53 Å². The second-order valence-corrected chi connectivity index (χ2v) is 4.02. The summed E-state index contributed by atoms with van der Waals surface area (Å²) < 4.78 is 4.35. The SMILES string of the molecule is CCC(CO)(CO)C(S)CC(=O)OCO. The highest BCUT2D eigenvalue weighted by Gasteiger charge is 2.35. The highest BCUT2D eigenvalue weighted by Crippen LogP contribution is 2.31. The smallest absolute Gasteiger partial charge is 0.309 e. The zero-order valence-electron chi connectivity index (χ0n) is 8.72. The summed E-state index contributed by atoms with van der Waals surface area (Å²) in [5.41, 5.74) is -0.794. The highest BCUT2D eigenvalue weighted by molar-refractivity contribution is 7.81. The predicted molar refractivity (Wildman–Crippen MR) is 57.5 cm³/mol. The molecule has 0 saturated carbocycles. The number of ether oxygens (including phenoxy) is 1. The zero-order valence-corrected chi connectivity index (χ0v) is 9.61. The lowest BCUT2D eigenvalue weighted by Crippen LogP contribution is -2.40. The quantitative estimate of drug-likeness (QED) is 0.274. The van der Waals surface area contributed by atoms with Gasteiger partial charge in [-0.25, -0.2) is 0 Å². The molecule has 15 heavy (non-hydrogen) atoms. The summed E-state index contributed by atoms with van der Waals surface area (Å²) in [6, 6.07) is 0. The first-order valence-electron chi connectivity index (χ1n) is 4.72. The maximum absolute atomic E-state index is 11.1. The zero-order chi connectivity index (χ0) is 11.9. The topological polar surface area (TPSA) is 87.0 Å². The normalized spacial score (nSPS) is 13.7. The summed E-state index contributed by atoms with van der Waals surface area (Å²) in [4.78, 5) is 11.1. The van der Waals surface area contributed by atoms with Crippen molar-refractivity contribution in [1.82, 2.24) is 0 Å². The van der Waals surface area contributed by atoms with Crippen LogP contribution in [0.4, 0.5) is 0 Å². The van der Waals surface area contributed by atoms with Crippen molar-refractivity contribution in [3.05, 3.63) is 0 Å². The van der Waals surface area contributed by atoms with Gasteiger partial charge in [0.15, 0.2) is 6.79 Å². The van der Waals surface area contributed by atoms with Gasteiger partial charge in [0.1, 0.15) is 0 Å². The molecule has 0 amide bonds. The molecule has 0 aromatic rings. The molecular formula is C9H18O5S. The number of carbonyl (C=O) groups is 1. The molecule has 1 unspecified atom stereocenters. The van der Waals surface area contributed by atoms with Crippen molar-refractivity contribution >= 4 is 18.6 Å². The van der Waals surface area contributed by atoms with Gasteiger partial charge in [0, 0.05) is 10.7 Å². The maximum Gasteiger partial charge on any atom is 0.309 e. The maximum atomic E-state index is 11.1. The number of aliphatic hydroxyl groups is 3. The standard InChI is InChI=1S/C9H18O5S/c1-2-9(4-10,5-11)7(15)3-8(13)14-6-12/h7,10-12,15H,2-6H2,1H3. The molecular weight excluding hydrogens is 220 g/mol. The third-order valence-corrected chi connectivity index (χ3v) is 3.36. The summed E-state index contributed by atoms with van der Waals surface area (Å²) in [6.45, 7) is 0.630. The van der Waals surface area contributed by atoms with Crippen LogP contribution in [0.2, 0.25) is 0 Å². The predicted octanol–water partition coefficient (Wildman–Crippen LogP) is -0.451. The van der Waals surface area contributed by atoms with E-state index in [1.165, 1.54) is 0 Å². The molecule has 0 radical (unpaired) electrons. The first-order chi connectivity index (χ1) is 7.06. The van der Waals surface area contributed by atoms with E-state index >= 15 is 0 Å². The minimum absolute atomic E-state index is 0.0569. The molecule has 0 bridgehead atoms. The summed E-state index contributed by atoms with van der Waals surface area (Å²) in [6.07, 6.45) is 0.444. The van der Waals surface area contributed by atoms with Gasteiger partial charge in [-0.2, -0.15) is 12.6 Å². The molecule has 0 aromatic heterocycles. The molecule has 3 N–H and O–H groups in total. The average molecular weight is 238 g/mol. The molecule has 0 heterocycles. The fraction of sp³-hybridized carbons (Fsp3) is 0.889. The Labute approximate surface area is 94.5 Å². The average Bonchev–Trinajstić information content (AvgIpc) is 2.21. The molecule has 90 valence electrons. The number of thiol groups is 1. The van der Waals surface area contributed by atoms with E-state index in [0.717, 1.165) is 0 Å². The molecule has 0 aliphatic rings. The molecule has 1 atom stereocenters. The Morgan fingerprint density at radius 1 is 1.40 bits per heavy atom. The molecule has 0 aliphatic carbocycles. The monoisotopic (exact) mass is 238 g/mol. The van der Waals surface area contributed by atoms with Gasteiger partial charge in [0.2, 0.25) is 0 Å². The highest BCUT2D eigenvalue weighted by atomic mass is 32.1. The van der Waals surface area contributed by atoms with Crippen LogP contribution >= 0.6 is 12.6 Å². The number of aliphatic hydroxyl groups excluding tert-OH is 3. The number of hydrogen-bond acceptors (Lipinski definition) is 6. The Hall–Kier alpha value is -0.300. The first-order valence-corrected chi connectivity index (χ1v) is 5.24. The van der Waals surface area contributed by atoms with E-state index in [2.05, 4.69) is 17.4 Å². The van der Waals surface area contributed by atoms with Gasteiger partial charge < -0.3 is 20.1 Å². The van der Waals surface area contributed by atoms with Gasteiger partial charge in [0.05, 0.1) is 19.6 Å². The van der Waals surface area contributed by atoms with E-state index in [4.69, 9.17) is 5.11 Å². The Bertz CT molecular complexity index is 185. The Kier molecular flexibility index (Phi) is 6.91. The van der Waals surface area contributed by atoms with Gasteiger partial charge in [-0.1, -0.05) is 6.92 Å². The number of carbonyl (C=O) groups excluding carboxylic acids is 1. The van der Waals surface area contributed by atoms with Crippen molar-refractivity contribution in [3.8, 4) is 0 Å². The summed E-state index contributed by atoms with van der Waals surface area (Å²) in [7, 11) is 0. The molecule has 0 saturated heterocycles. The molecule has 0 fully saturated rings. The largest absolute Gasteiger partial charge is 0.439 e. The lowest BCUT2D eigenvalue weighted by atomic mass is 9.81. The van der Waals surface area contributed by atoms with Crippen LogP contribution < -0.4 is 0 Å². The van der Waals surface area contributed by atoms with E-state index in [1.54, 1.807) is 6.92 Å². The van der Waals surface area contributed by atoms with Crippen molar-refractivity contribution < 1.29 is 24.9 Å². The third kappa shape index (κ3) is 3.98. The van der Waals surface area contributed by atoms with Crippen molar-refractivity contribution in [3.63, 3.8) is 0 Å². The van der Waals surface area contributed by atoms with Crippen LogP contribution in [0.1, 0.15) is 19.8 Å². The van der Waals surface area contributed by atoms with Crippen molar-refractivity contribution in [2.45, 2.75) is 25.0 Å². The van der Waals surface area contributed by atoms with Gasteiger partial charge in [-0.05, 0) is 6.42 Å². The van der Waals surface area contributed by atoms with E-state index in [0.29, 0.717) is 6.42 Å². The summed E-state index contributed by atoms with van der Waals surface area (Å²) >= 11 is 4.18. The molecule has 0 rings (SSSR count). The van der Waals surface area contributed by atoms with E-state index in [-0.39, 0.29) is 19.6 Å². The number of hydrogen-bond donors (Lipinski definition) is 4. The van der Waals surface area contributed by atoms with Gasteiger partial charge >= 0.3 is 5.97 Å². The fourth-order valence-electron chi connectivity index (χ4n) is 1.23. The Morgan fingerprint density at radius 2 is 1.93 bits per heavy atom. The Balaban J connectivity index is 4.37. The molecule has 5 nitrogen and oxygen atoms in total. The van der Waals surface area contributed by atoms with Gasteiger partial charge in [0.25, 0.3) is 0 Å². The second-order valence-electron chi connectivity index (χ2n) is 3.40. The summed E-state index contributed by atoms with van der Waals surface area (Å²) in [5.74, 6) is -0.600. The van der Waals surface area contributed by atoms with Gasteiger partial charge in [-0.3, -0.25) is 4.79 Å². The minimum atomic E-state index is -0.794. The fourth-order valence-corrected chi connectivity index (χ4v) is 1.72. The molecule has 6 heteroatoms. The number of esters is 1. The van der Waals surface area contributed by atoms with Crippen LogP contribution in [0.15, 0.2) is 0 Å². The number of rotatable bonds is 7. The van der Waals surface area contributed by atoms with Crippen LogP contribution in [0, 0.1) is 5.41 Å².